The second-order valence-corrected chi connectivity index (χ2v) is 4.54. The van der Waals surface area contributed by atoms with Gasteiger partial charge in [0.05, 0.1) is 5.56 Å². The van der Waals surface area contributed by atoms with Crippen LogP contribution in [0, 0.1) is 11.7 Å². The third-order valence-corrected chi connectivity index (χ3v) is 3.26. The van der Waals surface area contributed by atoms with Gasteiger partial charge in [0.2, 0.25) is 0 Å². The highest BCUT2D eigenvalue weighted by Crippen LogP contribution is 2.16. The molecule has 0 spiro atoms. The first kappa shape index (κ1) is 13.7. The molecule has 19 heavy (non-hydrogen) atoms. The normalized spacial score (nSPS) is 16.1. The predicted molar refractivity (Wildman–Crippen MR) is 69.6 cm³/mol. The van der Waals surface area contributed by atoms with E-state index in [0.29, 0.717) is 12.5 Å². The van der Waals surface area contributed by atoms with Crippen LogP contribution in [0.5, 0.6) is 0 Å². The zero-order chi connectivity index (χ0) is 13.7. The Balaban J connectivity index is 1.95. The number of hydrogen-bond donors (Lipinski definition) is 2. The fraction of sp³-hybridized carbons (Fsp3) is 0.538. The lowest BCUT2D eigenvalue weighted by Gasteiger charge is -2.22. The maximum Gasteiger partial charge on any atom is 0.254 e. The van der Waals surface area contributed by atoms with Crippen LogP contribution >= 0.6 is 0 Å². The quantitative estimate of drug-likeness (QED) is 0.866. The van der Waals surface area contributed by atoms with Crippen molar-refractivity contribution < 1.29 is 13.9 Å². The SMILES string of the molecule is CNc1nccc(C(=O)NCC2CCOCC2)c1F. The van der Waals surface area contributed by atoms with E-state index in [-0.39, 0.29) is 11.4 Å². The number of amides is 1. The second-order valence-electron chi connectivity index (χ2n) is 4.54. The van der Waals surface area contributed by atoms with Gasteiger partial charge in [-0.3, -0.25) is 4.79 Å². The van der Waals surface area contributed by atoms with E-state index >= 15 is 0 Å². The maximum absolute atomic E-state index is 13.9. The Morgan fingerprint density at radius 3 is 2.95 bits per heavy atom. The molecule has 0 unspecified atom stereocenters. The summed E-state index contributed by atoms with van der Waals surface area (Å²) >= 11 is 0. The number of carbonyl (C=O) groups is 1. The molecule has 0 saturated carbocycles. The molecule has 2 heterocycles. The lowest BCUT2D eigenvalue weighted by molar-refractivity contribution is 0.0642. The van der Waals surface area contributed by atoms with Crippen molar-refractivity contribution in [2.24, 2.45) is 5.92 Å². The molecule has 2 rings (SSSR count). The van der Waals surface area contributed by atoms with E-state index in [9.17, 15) is 9.18 Å². The highest BCUT2D eigenvalue weighted by Gasteiger charge is 2.18. The molecule has 2 N–H and O–H groups in total. The number of nitrogens with one attached hydrogen (secondary N) is 2. The lowest BCUT2D eigenvalue weighted by Crippen LogP contribution is -2.32. The molecule has 5 nitrogen and oxygen atoms in total. The van der Waals surface area contributed by atoms with E-state index in [4.69, 9.17) is 4.74 Å². The summed E-state index contributed by atoms with van der Waals surface area (Å²) in [5, 5.41) is 5.38. The molecule has 0 aliphatic carbocycles. The smallest absolute Gasteiger partial charge is 0.254 e. The van der Waals surface area contributed by atoms with E-state index in [1.807, 2.05) is 0 Å². The Kier molecular flexibility index (Phi) is 4.68. The molecule has 1 amide bonds. The highest BCUT2D eigenvalue weighted by atomic mass is 19.1. The van der Waals surface area contributed by atoms with Crippen LogP contribution in [0.2, 0.25) is 0 Å². The summed E-state index contributed by atoms with van der Waals surface area (Å²) < 4.78 is 19.1. The summed E-state index contributed by atoms with van der Waals surface area (Å²) in [7, 11) is 1.56. The lowest BCUT2D eigenvalue weighted by atomic mass is 10.0. The number of carbonyl (C=O) groups excluding carboxylic acids is 1. The first-order valence-electron chi connectivity index (χ1n) is 6.40. The van der Waals surface area contributed by atoms with Crippen molar-refractivity contribution >= 4 is 11.7 Å². The minimum Gasteiger partial charge on any atom is -0.381 e. The second kappa shape index (κ2) is 6.47. The van der Waals surface area contributed by atoms with Gasteiger partial charge in [0.15, 0.2) is 11.6 Å². The van der Waals surface area contributed by atoms with E-state index in [0.717, 1.165) is 26.1 Å². The molecule has 0 atom stereocenters. The van der Waals surface area contributed by atoms with E-state index in [2.05, 4.69) is 15.6 Å². The molecule has 1 aromatic heterocycles. The third-order valence-electron chi connectivity index (χ3n) is 3.26. The van der Waals surface area contributed by atoms with E-state index < -0.39 is 11.7 Å². The first-order chi connectivity index (χ1) is 9.22. The average molecular weight is 267 g/mol. The Labute approximate surface area is 111 Å². The largest absolute Gasteiger partial charge is 0.381 e. The van der Waals surface area contributed by atoms with E-state index in [1.54, 1.807) is 7.05 Å². The fourth-order valence-corrected chi connectivity index (χ4v) is 2.08. The van der Waals surface area contributed by atoms with Gasteiger partial charge in [-0.1, -0.05) is 0 Å². The van der Waals surface area contributed by atoms with Gasteiger partial charge >= 0.3 is 0 Å². The number of pyridine rings is 1. The molecular formula is C13H18FN3O2. The Morgan fingerprint density at radius 1 is 1.53 bits per heavy atom. The Bertz CT molecular complexity index is 448. The minimum absolute atomic E-state index is 0.0198. The molecule has 0 aromatic carbocycles. The van der Waals surface area contributed by atoms with Crippen molar-refractivity contribution in [3.63, 3.8) is 0 Å². The number of aromatic nitrogens is 1. The van der Waals surface area contributed by atoms with Gasteiger partial charge in [-0.15, -0.1) is 0 Å². The van der Waals surface area contributed by atoms with Crippen molar-refractivity contribution in [1.29, 1.82) is 0 Å². The summed E-state index contributed by atoms with van der Waals surface area (Å²) in [5.41, 5.74) is 0.0198. The highest BCUT2D eigenvalue weighted by molar-refractivity contribution is 5.95. The number of ether oxygens (including phenoxy) is 1. The Hall–Kier alpha value is -1.69. The monoisotopic (exact) mass is 267 g/mol. The van der Waals surface area contributed by atoms with Gasteiger partial charge in [0.1, 0.15) is 0 Å². The molecule has 1 aliphatic rings. The number of nitrogens with zero attached hydrogens (tertiary/aromatic N) is 1. The summed E-state index contributed by atoms with van der Waals surface area (Å²) in [6, 6.07) is 1.38. The van der Waals surface area contributed by atoms with Gasteiger partial charge in [0, 0.05) is 33.0 Å². The van der Waals surface area contributed by atoms with Gasteiger partial charge < -0.3 is 15.4 Å². The van der Waals surface area contributed by atoms with Crippen molar-refractivity contribution in [3.05, 3.63) is 23.6 Å². The van der Waals surface area contributed by atoms with Gasteiger partial charge in [-0.05, 0) is 24.8 Å². The maximum atomic E-state index is 13.9. The van der Waals surface area contributed by atoms with Gasteiger partial charge in [-0.2, -0.15) is 0 Å². The van der Waals surface area contributed by atoms with Crippen molar-refractivity contribution in [2.45, 2.75) is 12.8 Å². The molecule has 1 aromatic rings. The van der Waals surface area contributed by atoms with Crippen LogP contribution < -0.4 is 10.6 Å². The van der Waals surface area contributed by atoms with Crippen LogP contribution in [-0.2, 0) is 4.74 Å². The minimum atomic E-state index is -0.616. The van der Waals surface area contributed by atoms with Crippen molar-refractivity contribution in [3.8, 4) is 0 Å². The van der Waals surface area contributed by atoms with Crippen LogP contribution in [0.1, 0.15) is 23.2 Å². The number of hydrogen-bond acceptors (Lipinski definition) is 4. The molecule has 0 bridgehead atoms. The molecule has 1 fully saturated rings. The standard InChI is InChI=1S/C13H18FN3O2/c1-15-12-11(14)10(2-5-16-12)13(18)17-8-9-3-6-19-7-4-9/h2,5,9H,3-4,6-8H2,1H3,(H,15,16)(H,17,18). The summed E-state index contributed by atoms with van der Waals surface area (Å²) in [6.07, 6.45) is 3.28. The van der Waals surface area contributed by atoms with Gasteiger partial charge in [0.25, 0.3) is 5.91 Å². The van der Waals surface area contributed by atoms with Crippen molar-refractivity contribution in [2.75, 3.05) is 32.1 Å². The molecular weight excluding hydrogens is 249 g/mol. The zero-order valence-corrected chi connectivity index (χ0v) is 10.9. The molecule has 104 valence electrons. The van der Waals surface area contributed by atoms with Crippen LogP contribution in [0.4, 0.5) is 10.2 Å². The summed E-state index contributed by atoms with van der Waals surface area (Å²) in [6.45, 7) is 2.01. The molecule has 1 saturated heterocycles. The van der Waals surface area contributed by atoms with Crippen LogP contribution in [-0.4, -0.2) is 37.7 Å². The predicted octanol–water partition coefficient (Wildman–Crippen LogP) is 1.42. The topological polar surface area (TPSA) is 63.2 Å². The molecule has 6 heteroatoms. The third kappa shape index (κ3) is 3.41. The van der Waals surface area contributed by atoms with Crippen LogP contribution in [0.3, 0.4) is 0 Å². The zero-order valence-electron chi connectivity index (χ0n) is 10.9. The summed E-state index contributed by atoms with van der Waals surface area (Å²) in [5.74, 6) is -0.526. The van der Waals surface area contributed by atoms with Gasteiger partial charge in [-0.25, -0.2) is 9.37 Å². The van der Waals surface area contributed by atoms with Crippen LogP contribution in [0.15, 0.2) is 12.3 Å². The Morgan fingerprint density at radius 2 is 2.26 bits per heavy atom. The number of rotatable bonds is 4. The first-order valence-corrected chi connectivity index (χ1v) is 6.40. The number of halogens is 1. The molecule has 1 aliphatic heterocycles. The van der Waals surface area contributed by atoms with E-state index in [1.165, 1.54) is 12.3 Å². The summed E-state index contributed by atoms with van der Waals surface area (Å²) in [4.78, 5) is 15.7. The van der Waals surface area contributed by atoms with Crippen LogP contribution in [0.25, 0.3) is 0 Å². The van der Waals surface area contributed by atoms with Crippen molar-refractivity contribution in [1.82, 2.24) is 10.3 Å². The fourth-order valence-electron chi connectivity index (χ4n) is 2.08. The number of anilines is 1. The average Bonchev–Trinajstić information content (AvgIpc) is 2.46. The molecule has 0 radical (unpaired) electrons.